The maximum Gasteiger partial charge on any atom is 0.255 e. The van der Waals surface area contributed by atoms with Crippen LogP contribution < -0.4 is 5.32 Å². The zero-order valence-corrected chi connectivity index (χ0v) is 12.5. The van der Waals surface area contributed by atoms with Crippen molar-refractivity contribution in [2.24, 2.45) is 0 Å². The molecule has 0 fully saturated rings. The van der Waals surface area contributed by atoms with Gasteiger partial charge in [-0.2, -0.15) is 0 Å². The number of aryl methyl sites for hydroxylation is 1. The third-order valence-electron chi connectivity index (χ3n) is 2.47. The lowest BCUT2D eigenvalue weighted by Crippen LogP contribution is -2.13. The summed E-state index contributed by atoms with van der Waals surface area (Å²) < 4.78 is 0.920. The summed E-state index contributed by atoms with van der Waals surface area (Å²) in [7, 11) is 0. The molecule has 0 spiro atoms. The van der Waals surface area contributed by atoms with Gasteiger partial charge in [0.05, 0.1) is 16.9 Å². The van der Waals surface area contributed by atoms with E-state index in [2.05, 4.69) is 32.9 Å². The van der Waals surface area contributed by atoms with Crippen LogP contribution in [0.15, 0.2) is 36.7 Å². The van der Waals surface area contributed by atoms with E-state index in [-0.39, 0.29) is 5.91 Å². The SMILES string of the molecule is Cc1ccncc1NC(=O)c1ccc(I)c(Cl)c1. The quantitative estimate of drug-likeness (QED) is 0.813. The Balaban J connectivity index is 2.22. The van der Waals surface area contributed by atoms with Crippen LogP contribution in [0.5, 0.6) is 0 Å². The predicted molar refractivity (Wildman–Crippen MR) is 81.1 cm³/mol. The summed E-state index contributed by atoms with van der Waals surface area (Å²) in [6.07, 6.45) is 3.31. The molecule has 92 valence electrons. The average molecular weight is 373 g/mol. The van der Waals surface area contributed by atoms with Gasteiger partial charge in [0, 0.05) is 15.3 Å². The number of pyridine rings is 1. The molecule has 2 rings (SSSR count). The number of rotatable bonds is 2. The van der Waals surface area contributed by atoms with Crippen molar-refractivity contribution in [3.63, 3.8) is 0 Å². The number of anilines is 1. The molecule has 3 nitrogen and oxygen atoms in total. The van der Waals surface area contributed by atoms with E-state index in [1.807, 2.05) is 19.1 Å². The molecule has 2 aromatic rings. The molecule has 1 aromatic carbocycles. The molecule has 0 atom stereocenters. The number of halogens is 2. The molecule has 0 unspecified atom stereocenters. The Morgan fingerprint density at radius 1 is 1.39 bits per heavy atom. The minimum absolute atomic E-state index is 0.190. The molecule has 0 aliphatic rings. The van der Waals surface area contributed by atoms with Gasteiger partial charge in [-0.3, -0.25) is 9.78 Å². The second-order valence-electron chi connectivity index (χ2n) is 3.77. The Bertz CT molecular complexity index is 601. The third-order valence-corrected chi connectivity index (χ3v) is 4.04. The number of nitrogens with one attached hydrogen (secondary N) is 1. The molecule has 0 aliphatic carbocycles. The van der Waals surface area contributed by atoms with Crippen molar-refractivity contribution in [3.8, 4) is 0 Å². The van der Waals surface area contributed by atoms with Crippen LogP contribution in [0.25, 0.3) is 0 Å². The van der Waals surface area contributed by atoms with Gasteiger partial charge < -0.3 is 5.32 Å². The predicted octanol–water partition coefficient (Wildman–Crippen LogP) is 3.90. The first kappa shape index (κ1) is 13.3. The highest BCUT2D eigenvalue weighted by molar-refractivity contribution is 14.1. The first-order valence-corrected chi connectivity index (χ1v) is 6.70. The number of aromatic nitrogens is 1. The monoisotopic (exact) mass is 372 g/mol. The Morgan fingerprint density at radius 3 is 2.83 bits per heavy atom. The number of carbonyl (C=O) groups is 1. The van der Waals surface area contributed by atoms with E-state index >= 15 is 0 Å². The molecular formula is C13H10ClIN2O. The van der Waals surface area contributed by atoms with E-state index in [1.165, 1.54) is 0 Å². The molecule has 1 aromatic heterocycles. The smallest absolute Gasteiger partial charge is 0.255 e. The van der Waals surface area contributed by atoms with Crippen LogP contribution in [-0.2, 0) is 0 Å². The molecule has 1 heterocycles. The maximum atomic E-state index is 12.0. The lowest BCUT2D eigenvalue weighted by Gasteiger charge is -2.08. The van der Waals surface area contributed by atoms with Gasteiger partial charge in [-0.25, -0.2) is 0 Å². The molecule has 0 radical (unpaired) electrons. The summed E-state index contributed by atoms with van der Waals surface area (Å²) in [4.78, 5) is 16.0. The van der Waals surface area contributed by atoms with Crippen LogP contribution >= 0.6 is 34.2 Å². The fourth-order valence-electron chi connectivity index (χ4n) is 1.43. The van der Waals surface area contributed by atoms with E-state index in [0.29, 0.717) is 16.3 Å². The minimum atomic E-state index is -0.190. The van der Waals surface area contributed by atoms with Crippen molar-refractivity contribution in [2.75, 3.05) is 5.32 Å². The van der Waals surface area contributed by atoms with E-state index in [1.54, 1.807) is 24.5 Å². The summed E-state index contributed by atoms with van der Waals surface area (Å²) in [5.41, 5.74) is 2.20. The van der Waals surface area contributed by atoms with Crippen molar-refractivity contribution in [1.82, 2.24) is 4.98 Å². The molecule has 0 saturated heterocycles. The van der Waals surface area contributed by atoms with Gasteiger partial charge >= 0.3 is 0 Å². The fourth-order valence-corrected chi connectivity index (χ4v) is 1.94. The lowest BCUT2D eigenvalue weighted by molar-refractivity contribution is 0.102. The Labute approximate surface area is 124 Å². The third kappa shape index (κ3) is 3.00. The Hall–Kier alpha value is -1.14. The van der Waals surface area contributed by atoms with E-state index in [9.17, 15) is 4.79 Å². The van der Waals surface area contributed by atoms with Gasteiger partial charge in [0.25, 0.3) is 5.91 Å². The molecule has 0 aliphatic heterocycles. The maximum absolute atomic E-state index is 12.0. The lowest BCUT2D eigenvalue weighted by atomic mass is 10.2. The van der Waals surface area contributed by atoms with Crippen LogP contribution in [0.2, 0.25) is 5.02 Å². The number of amides is 1. The summed E-state index contributed by atoms with van der Waals surface area (Å²) in [5.74, 6) is -0.190. The first-order chi connectivity index (χ1) is 8.58. The van der Waals surface area contributed by atoms with Crippen LogP contribution in [0.1, 0.15) is 15.9 Å². The van der Waals surface area contributed by atoms with Gasteiger partial charge in [-0.15, -0.1) is 0 Å². The minimum Gasteiger partial charge on any atom is -0.320 e. The average Bonchev–Trinajstić information content (AvgIpc) is 2.35. The standard InChI is InChI=1S/C13H10ClIN2O/c1-8-4-5-16-7-12(8)17-13(18)9-2-3-11(15)10(14)6-9/h2-7H,1H3,(H,17,18). The number of hydrogen-bond acceptors (Lipinski definition) is 2. The number of hydrogen-bond donors (Lipinski definition) is 1. The molecule has 1 amide bonds. The molecule has 0 saturated carbocycles. The summed E-state index contributed by atoms with van der Waals surface area (Å²) >= 11 is 8.11. The van der Waals surface area contributed by atoms with E-state index < -0.39 is 0 Å². The Kier molecular flexibility index (Phi) is 4.19. The van der Waals surface area contributed by atoms with Crippen molar-refractivity contribution in [2.45, 2.75) is 6.92 Å². The highest BCUT2D eigenvalue weighted by Gasteiger charge is 2.09. The van der Waals surface area contributed by atoms with Gasteiger partial charge in [-0.1, -0.05) is 11.6 Å². The first-order valence-electron chi connectivity index (χ1n) is 5.25. The number of benzene rings is 1. The fraction of sp³-hybridized carbons (Fsp3) is 0.0769. The van der Waals surface area contributed by atoms with Crippen LogP contribution in [0, 0.1) is 10.5 Å². The molecular weight excluding hydrogens is 363 g/mol. The summed E-state index contributed by atoms with van der Waals surface area (Å²) in [6, 6.07) is 7.06. The summed E-state index contributed by atoms with van der Waals surface area (Å²) in [6.45, 7) is 1.91. The Morgan fingerprint density at radius 2 is 2.17 bits per heavy atom. The van der Waals surface area contributed by atoms with Crippen LogP contribution in [0.4, 0.5) is 5.69 Å². The van der Waals surface area contributed by atoms with Gasteiger partial charge in [0.1, 0.15) is 0 Å². The highest BCUT2D eigenvalue weighted by atomic mass is 127. The molecule has 1 N–H and O–H groups in total. The highest BCUT2D eigenvalue weighted by Crippen LogP contribution is 2.20. The van der Waals surface area contributed by atoms with Crippen LogP contribution in [0.3, 0.4) is 0 Å². The van der Waals surface area contributed by atoms with Gasteiger partial charge in [0.2, 0.25) is 0 Å². The zero-order chi connectivity index (χ0) is 13.1. The van der Waals surface area contributed by atoms with Crippen LogP contribution in [-0.4, -0.2) is 10.9 Å². The molecule has 5 heteroatoms. The van der Waals surface area contributed by atoms with E-state index in [0.717, 1.165) is 9.13 Å². The van der Waals surface area contributed by atoms with Gasteiger partial charge in [0.15, 0.2) is 0 Å². The van der Waals surface area contributed by atoms with Crippen molar-refractivity contribution >= 4 is 45.8 Å². The number of nitrogens with zero attached hydrogens (tertiary/aromatic N) is 1. The largest absolute Gasteiger partial charge is 0.320 e. The van der Waals surface area contributed by atoms with Crippen molar-refractivity contribution < 1.29 is 4.79 Å². The van der Waals surface area contributed by atoms with Crippen molar-refractivity contribution in [3.05, 3.63) is 56.4 Å². The second kappa shape index (κ2) is 5.67. The zero-order valence-electron chi connectivity index (χ0n) is 9.58. The second-order valence-corrected chi connectivity index (χ2v) is 5.34. The number of carbonyl (C=O) groups excluding carboxylic acids is 1. The normalized spacial score (nSPS) is 10.2. The van der Waals surface area contributed by atoms with Crippen molar-refractivity contribution in [1.29, 1.82) is 0 Å². The molecule has 18 heavy (non-hydrogen) atoms. The van der Waals surface area contributed by atoms with Gasteiger partial charge in [-0.05, 0) is 59.3 Å². The molecule has 0 bridgehead atoms. The summed E-state index contributed by atoms with van der Waals surface area (Å²) in [5, 5.41) is 3.39. The topological polar surface area (TPSA) is 42.0 Å². The van der Waals surface area contributed by atoms with E-state index in [4.69, 9.17) is 11.6 Å².